The second-order valence-electron chi connectivity index (χ2n) is 4.58. The maximum Gasteiger partial charge on any atom is 0.203 e. The van der Waals surface area contributed by atoms with E-state index in [1.165, 1.54) is 4.88 Å². The molecule has 0 bridgehead atoms. The molecule has 1 atom stereocenters. The van der Waals surface area contributed by atoms with Crippen LogP contribution in [0.1, 0.15) is 23.5 Å². The Morgan fingerprint density at radius 3 is 2.14 bits per heavy atom. The summed E-state index contributed by atoms with van der Waals surface area (Å²) in [4.78, 5) is 5.50. The van der Waals surface area contributed by atoms with Gasteiger partial charge in [-0.05, 0) is 13.8 Å². The van der Waals surface area contributed by atoms with Gasteiger partial charge in [0.05, 0.1) is 38.6 Å². The maximum absolute atomic E-state index is 5.36. The molecule has 0 aliphatic rings. The average molecular weight is 308 g/mol. The Labute approximate surface area is 128 Å². The fraction of sp³-hybridized carbons (Fsp3) is 0.400. The van der Waals surface area contributed by atoms with E-state index >= 15 is 0 Å². The molecule has 2 aromatic rings. The summed E-state index contributed by atoms with van der Waals surface area (Å²) in [5.41, 5.74) is 3.81. The zero-order valence-corrected chi connectivity index (χ0v) is 13.7. The standard InChI is InChI=1S/C15H20N2O3S/c1-9-15(21-8-16-9)10(2)17-11-6-12(18-3)14(20-5)13(7-11)19-4/h6-8,10,17H,1-5H3. The highest BCUT2D eigenvalue weighted by Crippen LogP contribution is 2.40. The molecule has 1 N–H and O–H groups in total. The van der Waals surface area contributed by atoms with Crippen molar-refractivity contribution in [3.63, 3.8) is 0 Å². The third-order valence-corrected chi connectivity index (χ3v) is 4.34. The molecular formula is C15H20N2O3S. The zero-order chi connectivity index (χ0) is 15.4. The van der Waals surface area contributed by atoms with Gasteiger partial charge >= 0.3 is 0 Å². The second-order valence-corrected chi connectivity index (χ2v) is 5.47. The van der Waals surface area contributed by atoms with Crippen LogP contribution in [0.2, 0.25) is 0 Å². The summed E-state index contributed by atoms with van der Waals surface area (Å²) >= 11 is 1.64. The summed E-state index contributed by atoms with van der Waals surface area (Å²) in [6.07, 6.45) is 0. The van der Waals surface area contributed by atoms with Crippen LogP contribution < -0.4 is 19.5 Å². The van der Waals surface area contributed by atoms with Crippen molar-refractivity contribution in [3.8, 4) is 17.2 Å². The monoisotopic (exact) mass is 308 g/mol. The van der Waals surface area contributed by atoms with Gasteiger partial charge in [-0.2, -0.15) is 0 Å². The summed E-state index contributed by atoms with van der Waals surface area (Å²) in [7, 11) is 4.81. The van der Waals surface area contributed by atoms with Gasteiger partial charge in [0.1, 0.15) is 0 Å². The number of anilines is 1. The van der Waals surface area contributed by atoms with E-state index in [-0.39, 0.29) is 6.04 Å². The Morgan fingerprint density at radius 2 is 1.71 bits per heavy atom. The molecule has 0 amide bonds. The Hall–Kier alpha value is -1.95. The van der Waals surface area contributed by atoms with Gasteiger partial charge in [-0.15, -0.1) is 11.3 Å². The summed E-state index contributed by atoms with van der Waals surface area (Å²) in [6, 6.07) is 3.95. The normalized spacial score (nSPS) is 11.9. The Bertz CT molecular complexity index is 588. The van der Waals surface area contributed by atoms with Crippen molar-refractivity contribution in [1.29, 1.82) is 0 Å². The van der Waals surface area contributed by atoms with E-state index in [1.807, 2.05) is 24.6 Å². The minimum atomic E-state index is 0.153. The number of hydrogen-bond acceptors (Lipinski definition) is 6. The lowest BCUT2D eigenvalue weighted by molar-refractivity contribution is 0.324. The van der Waals surface area contributed by atoms with Crippen LogP contribution in [-0.4, -0.2) is 26.3 Å². The van der Waals surface area contributed by atoms with E-state index in [0.717, 1.165) is 11.4 Å². The van der Waals surface area contributed by atoms with E-state index < -0.39 is 0 Å². The van der Waals surface area contributed by atoms with Crippen molar-refractivity contribution < 1.29 is 14.2 Å². The number of nitrogens with one attached hydrogen (secondary N) is 1. The molecule has 0 saturated carbocycles. The van der Waals surface area contributed by atoms with Gasteiger partial charge in [-0.3, -0.25) is 0 Å². The first-order valence-corrected chi connectivity index (χ1v) is 7.45. The third kappa shape index (κ3) is 3.21. The Kier molecular flexibility index (Phi) is 4.90. The number of hydrogen-bond donors (Lipinski definition) is 1. The molecule has 0 spiro atoms. The fourth-order valence-electron chi connectivity index (χ4n) is 2.21. The lowest BCUT2D eigenvalue weighted by Gasteiger charge is -2.18. The molecule has 0 aliphatic heterocycles. The number of nitrogens with zero attached hydrogens (tertiary/aromatic N) is 1. The van der Waals surface area contributed by atoms with Crippen molar-refractivity contribution in [2.45, 2.75) is 19.9 Å². The Balaban J connectivity index is 2.30. The van der Waals surface area contributed by atoms with Crippen molar-refractivity contribution >= 4 is 17.0 Å². The smallest absolute Gasteiger partial charge is 0.203 e. The zero-order valence-electron chi connectivity index (χ0n) is 12.9. The van der Waals surface area contributed by atoms with Gasteiger partial charge in [0.15, 0.2) is 11.5 Å². The highest BCUT2D eigenvalue weighted by atomic mass is 32.1. The van der Waals surface area contributed by atoms with Crippen LogP contribution in [0.15, 0.2) is 17.6 Å². The van der Waals surface area contributed by atoms with Crippen LogP contribution in [0.5, 0.6) is 17.2 Å². The number of thiazole rings is 1. The molecule has 0 fully saturated rings. The summed E-state index contributed by atoms with van der Waals surface area (Å²) in [6.45, 7) is 4.11. The largest absolute Gasteiger partial charge is 0.493 e. The van der Waals surface area contributed by atoms with Crippen molar-refractivity contribution in [2.75, 3.05) is 26.6 Å². The molecule has 2 rings (SSSR count). The highest BCUT2D eigenvalue weighted by Gasteiger charge is 2.16. The molecule has 1 unspecified atom stereocenters. The van der Waals surface area contributed by atoms with E-state index in [0.29, 0.717) is 17.2 Å². The highest BCUT2D eigenvalue weighted by molar-refractivity contribution is 7.09. The van der Waals surface area contributed by atoms with Crippen molar-refractivity contribution in [2.24, 2.45) is 0 Å². The molecule has 6 heteroatoms. The fourth-order valence-corrected chi connectivity index (χ4v) is 3.02. The first-order chi connectivity index (χ1) is 10.1. The summed E-state index contributed by atoms with van der Waals surface area (Å²) in [5.74, 6) is 1.85. The number of aryl methyl sites for hydroxylation is 1. The lowest BCUT2D eigenvalue weighted by Crippen LogP contribution is -2.07. The van der Waals surface area contributed by atoms with Gasteiger partial charge in [-0.25, -0.2) is 4.98 Å². The number of methoxy groups -OCH3 is 3. The number of benzene rings is 1. The molecule has 0 aliphatic carbocycles. The van der Waals surface area contributed by atoms with Gasteiger partial charge in [0.25, 0.3) is 0 Å². The minimum Gasteiger partial charge on any atom is -0.493 e. The van der Waals surface area contributed by atoms with Gasteiger partial charge in [0, 0.05) is 22.7 Å². The van der Waals surface area contributed by atoms with E-state index in [1.54, 1.807) is 32.7 Å². The Morgan fingerprint density at radius 1 is 1.10 bits per heavy atom. The van der Waals surface area contributed by atoms with Crippen LogP contribution in [0.3, 0.4) is 0 Å². The van der Waals surface area contributed by atoms with Gasteiger partial charge in [0.2, 0.25) is 5.75 Å². The van der Waals surface area contributed by atoms with E-state index in [2.05, 4.69) is 17.2 Å². The second kappa shape index (κ2) is 6.67. The number of rotatable bonds is 6. The van der Waals surface area contributed by atoms with Crippen LogP contribution in [-0.2, 0) is 0 Å². The van der Waals surface area contributed by atoms with E-state index in [4.69, 9.17) is 14.2 Å². The molecule has 21 heavy (non-hydrogen) atoms. The van der Waals surface area contributed by atoms with Crippen LogP contribution >= 0.6 is 11.3 Å². The maximum atomic E-state index is 5.36. The SMILES string of the molecule is COc1cc(NC(C)c2scnc2C)cc(OC)c1OC. The van der Waals surface area contributed by atoms with Crippen LogP contribution in [0.25, 0.3) is 0 Å². The van der Waals surface area contributed by atoms with Gasteiger partial charge in [-0.1, -0.05) is 0 Å². The van der Waals surface area contributed by atoms with E-state index in [9.17, 15) is 0 Å². The number of ether oxygens (including phenoxy) is 3. The predicted octanol–water partition coefficient (Wildman–Crippen LogP) is 3.65. The lowest BCUT2D eigenvalue weighted by atomic mass is 10.2. The van der Waals surface area contributed by atoms with Crippen molar-refractivity contribution in [1.82, 2.24) is 4.98 Å². The minimum absolute atomic E-state index is 0.153. The molecular weight excluding hydrogens is 288 g/mol. The molecule has 0 saturated heterocycles. The molecule has 1 heterocycles. The van der Waals surface area contributed by atoms with Gasteiger partial charge < -0.3 is 19.5 Å². The van der Waals surface area contributed by atoms with Crippen molar-refractivity contribution in [3.05, 3.63) is 28.2 Å². The first kappa shape index (κ1) is 15.4. The first-order valence-electron chi connectivity index (χ1n) is 6.57. The molecule has 114 valence electrons. The quantitative estimate of drug-likeness (QED) is 0.882. The topological polar surface area (TPSA) is 52.6 Å². The molecule has 0 radical (unpaired) electrons. The summed E-state index contributed by atoms with van der Waals surface area (Å²) < 4.78 is 16.0. The molecule has 5 nitrogen and oxygen atoms in total. The molecule has 1 aromatic carbocycles. The summed E-state index contributed by atoms with van der Waals surface area (Å²) in [5, 5.41) is 3.44. The third-order valence-electron chi connectivity index (χ3n) is 3.22. The predicted molar refractivity (Wildman–Crippen MR) is 85.0 cm³/mol. The average Bonchev–Trinajstić information content (AvgIpc) is 2.92. The number of aromatic nitrogens is 1. The molecule has 1 aromatic heterocycles. The van der Waals surface area contributed by atoms with Crippen LogP contribution in [0, 0.1) is 6.92 Å². The van der Waals surface area contributed by atoms with Crippen LogP contribution in [0.4, 0.5) is 5.69 Å².